The Morgan fingerprint density at radius 2 is 2.32 bits per heavy atom. The largest absolute Gasteiger partial charge is 0.461 e. The van der Waals surface area contributed by atoms with Gasteiger partial charge in [0.1, 0.15) is 0 Å². The van der Waals surface area contributed by atoms with Gasteiger partial charge in [0.15, 0.2) is 5.76 Å². The van der Waals surface area contributed by atoms with Crippen molar-refractivity contribution in [1.29, 1.82) is 0 Å². The molecule has 0 N–H and O–H groups in total. The Morgan fingerprint density at radius 3 is 3.05 bits per heavy atom. The van der Waals surface area contributed by atoms with E-state index in [0.717, 1.165) is 0 Å². The van der Waals surface area contributed by atoms with Gasteiger partial charge < -0.3 is 18.6 Å². The van der Waals surface area contributed by atoms with Crippen LogP contribution in [0.4, 0.5) is 0 Å². The summed E-state index contributed by atoms with van der Waals surface area (Å²) in [6, 6.07) is 3.52. The monoisotopic (exact) mass is 305 g/mol. The van der Waals surface area contributed by atoms with E-state index in [1.165, 1.54) is 0 Å². The summed E-state index contributed by atoms with van der Waals surface area (Å²) in [5, 5.41) is 3.85. The Balaban J connectivity index is 1.55. The molecule has 3 rings (SSSR count). The maximum absolute atomic E-state index is 12.3. The Hall–Kier alpha value is -2.15. The van der Waals surface area contributed by atoms with E-state index < -0.39 is 0 Å². The van der Waals surface area contributed by atoms with Crippen molar-refractivity contribution in [3.8, 4) is 11.6 Å². The fraction of sp³-hybridized carbons (Fsp3) is 0.533. The minimum absolute atomic E-state index is 0.0779. The molecular formula is C15H19N3O4. The van der Waals surface area contributed by atoms with Gasteiger partial charge in [-0.05, 0) is 26.0 Å². The molecule has 1 fully saturated rings. The van der Waals surface area contributed by atoms with Crippen LogP contribution in [0.25, 0.3) is 11.6 Å². The van der Waals surface area contributed by atoms with E-state index in [1.807, 2.05) is 18.7 Å². The lowest BCUT2D eigenvalue weighted by molar-refractivity contribution is -0.145. The molecule has 0 unspecified atom stereocenters. The summed E-state index contributed by atoms with van der Waals surface area (Å²) in [5.41, 5.74) is -0.287. The molecule has 118 valence electrons. The summed E-state index contributed by atoms with van der Waals surface area (Å²) in [7, 11) is 0. The third-order valence-corrected chi connectivity index (χ3v) is 3.54. The Morgan fingerprint density at radius 1 is 1.45 bits per heavy atom. The number of rotatable bonds is 4. The molecule has 2 aromatic heterocycles. The number of morpholine rings is 1. The van der Waals surface area contributed by atoms with Crippen molar-refractivity contribution in [2.75, 3.05) is 19.7 Å². The van der Waals surface area contributed by atoms with Gasteiger partial charge in [0.25, 0.3) is 0 Å². The predicted molar refractivity (Wildman–Crippen MR) is 76.9 cm³/mol. The summed E-state index contributed by atoms with van der Waals surface area (Å²) < 4.78 is 16.0. The highest BCUT2D eigenvalue weighted by Gasteiger charge is 2.29. The molecular weight excluding hydrogens is 286 g/mol. The van der Waals surface area contributed by atoms with Gasteiger partial charge >= 0.3 is 0 Å². The first-order chi connectivity index (χ1) is 10.5. The number of aryl methyl sites for hydroxylation is 1. The van der Waals surface area contributed by atoms with Crippen LogP contribution >= 0.6 is 0 Å². The van der Waals surface area contributed by atoms with Crippen molar-refractivity contribution in [3.05, 3.63) is 24.3 Å². The Labute approximate surface area is 128 Å². The second kappa shape index (κ2) is 5.92. The molecule has 7 nitrogen and oxygen atoms in total. The molecule has 0 aliphatic carbocycles. The maximum atomic E-state index is 12.3. The number of ether oxygens (including phenoxy) is 1. The third kappa shape index (κ3) is 3.36. The minimum atomic E-state index is -0.287. The Kier molecular flexibility index (Phi) is 3.98. The van der Waals surface area contributed by atoms with Crippen LogP contribution in [0.2, 0.25) is 0 Å². The number of carbonyl (C=O) groups is 1. The van der Waals surface area contributed by atoms with Crippen LogP contribution in [0.3, 0.4) is 0 Å². The number of aromatic nitrogens is 2. The van der Waals surface area contributed by atoms with Crippen LogP contribution in [0.15, 0.2) is 27.3 Å². The summed E-state index contributed by atoms with van der Waals surface area (Å²) in [6.07, 6.45) is 2.31. The lowest BCUT2D eigenvalue weighted by Crippen LogP contribution is -2.50. The molecule has 2 aromatic rings. The number of nitrogens with zero attached hydrogens (tertiary/aromatic N) is 3. The molecule has 0 aromatic carbocycles. The zero-order valence-electron chi connectivity index (χ0n) is 12.7. The van der Waals surface area contributed by atoms with Crippen LogP contribution in [-0.2, 0) is 16.0 Å². The first-order valence-corrected chi connectivity index (χ1v) is 7.32. The average molecular weight is 305 g/mol. The lowest BCUT2D eigenvalue weighted by Gasteiger charge is -2.38. The maximum Gasteiger partial charge on any atom is 0.238 e. The number of hydrogen-bond donors (Lipinski definition) is 0. The van der Waals surface area contributed by atoms with Gasteiger partial charge in [0, 0.05) is 25.9 Å². The zero-order valence-corrected chi connectivity index (χ0v) is 12.7. The standard InChI is InChI=1S/C15H19N3O4/c1-15(2)10-18(7-9-21-15)13(19)6-5-12-16-14(17-22-12)11-4-3-8-20-11/h3-4,8H,5-7,9-10H2,1-2H3. The molecule has 0 saturated carbocycles. The first kappa shape index (κ1) is 14.8. The Bertz CT molecular complexity index is 633. The molecule has 0 bridgehead atoms. The number of carbonyl (C=O) groups excluding carboxylic acids is 1. The topological polar surface area (TPSA) is 81.6 Å². The van der Waals surface area contributed by atoms with Crippen LogP contribution in [0.5, 0.6) is 0 Å². The lowest BCUT2D eigenvalue weighted by atomic mass is 10.1. The fourth-order valence-corrected chi connectivity index (χ4v) is 2.46. The third-order valence-electron chi connectivity index (χ3n) is 3.54. The molecule has 1 aliphatic heterocycles. The highest BCUT2D eigenvalue weighted by molar-refractivity contribution is 5.76. The normalized spacial score (nSPS) is 17.6. The van der Waals surface area contributed by atoms with Crippen molar-refractivity contribution < 1.29 is 18.5 Å². The van der Waals surface area contributed by atoms with Gasteiger partial charge in [0.2, 0.25) is 17.6 Å². The van der Waals surface area contributed by atoms with E-state index in [-0.39, 0.29) is 11.5 Å². The quantitative estimate of drug-likeness (QED) is 0.858. The number of furan rings is 1. The molecule has 7 heteroatoms. The number of hydrogen-bond acceptors (Lipinski definition) is 6. The van der Waals surface area contributed by atoms with Gasteiger partial charge in [0.05, 0.1) is 18.5 Å². The fourth-order valence-electron chi connectivity index (χ4n) is 2.46. The minimum Gasteiger partial charge on any atom is -0.461 e. The molecule has 1 aliphatic rings. The second-order valence-corrected chi connectivity index (χ2v) is 5.91. The molecule has 1 amide bonds. The van der Waals surface area contributed by atoms with Crippen LogP contribution in [-0.4, -0.2) is 46.2 Å². The summed E-state index contributed by atoms with van der Waals surface area (Å²) >= 11 is 0. The van der Waals surface area contributed by atoms with Crippen molar-refractivity contribution in [2.45, 2.75) is 32.3 Å². The molecule has 0 spiro atoms. The van der Waals surface area contributed by atoms with Crippen LogP contribution in [0.1, 0.15) is 26.2 Å². The summed E-state index contributed by atoms with van der Waals surface area (Å²) in [5.74, 6) is 1.47. The first-order valence-electron chi connectivity index (χ1n) is 7.32. The van der Waals surface area contributed by atoms with Gasteiger partial charge in [-0.2, -0.15) is 4.98 Å². The summed E-state index contributed by atoms with van der Waals surface area (Å²) in [6.45, 7) is 5.78. The van der Waals surface area contributed by atoms with Crippen LogP contribution < -0.4 is 0 Å². The van der Waals surface area contributed by atoms with Crippen LogP contribution in [0, 0.1) is 0 Å². The SMILES string of the molecule is CC1(C)CN(C(=O)CCc2nc(-c3ccco3)no2)CCO1. The van der Waals surface area contributed by atoms with Gasteiger partial charge in [-0.3, -0.25) is 4.79 Å². The molecule has 1 saturated heterocycles. The van der Waals surface area contributed by atoms with E-state index in [9.17, 15) is 4.79 Å². The van der Waals surface area contributed by atoms with Crippen molar-refractivity contribution in [3.63, 3.8) is 0 Å². The number of amides is 1. The highest BCUT2D eigenvalue weighted by Crippen LogP contribution is 2.19. The van der Waals surface area contributed by atoms with Gasteiger partial charge in [-0.25, -0.2) is 0 Å². The molecule has 22 heavy (non-hydrogen) atoms. The predicted octanol–water partition coefficient (Wildman–Crippen LogP) is 1.90. The van der Waals surface area contributed by atoms with Crippen molar-refractivity contribution in [2.24, 2.45) is 0 Å². The zero-order chi connectivity index (χ0) is 15.6. The molecule has 0 radical (unpaired) electrons. The van der Waals surface area contributed by atoms with Crippen molar-refractivity contribution >= 4 is 5.91 Å². The second-order valence-electron chi connectivity index (χ2n) is 5.91. The molecule has 3 heterocycles. The summed E-state index contributed by atoms with van der Waals surface area (Å²) in [4.78, 5) is 18.3. The van der Waals surface area contributed by atoms with E-state index in [1.54, 1.807) is 18.4 Å². The van der Waals surface area contributed by atoms with E-state index in [4.69, 9.17) is 13.7 Å². The van der Waals surface area contributed by atoms with E-state index >= 15 is 0 Å². The molecule has 0 atom stereocenters. The van der Waals surface area contributed by atoms with E-state index in [2.05, 4.69) is 10.1 Å². The smallest absolute Gasteiger partial charge is 0.238 e. The van der Waals surface area contributed by atoms with E-state index in [0.29, 0.717) is 50.0 Å². The average Bonchev–Trinajstić information content (AvgIpc) is 3.14. The van der Waals surface area contributed by atoms with Crippen molar-refractivity contribution in [1.82, 2.24) is 15.0 Å². The van der Waals surface area contributed by atoms with Gasteiger partial charge in [-0.1, -0.05) is 5.16 Å². The highest BCUT2D eigenvalue weighted by atomic mass is 16.5. The van der Waals surface area contributed by atoms with Gasteiger partial charge in [-0.15, -0.1) is 0 Å².